The van der Waals surface area contributed by atoms with Gasteiger partial charge in [0.15, 0.2) is 0 Å². The summed E-state index contributed by atoms with van der Waals surface area (Å²) in [5.74, 6) is 0.549. The van der Waals surface area contributed by atoms with E-state index in [1.165, 1.54) is 11.3 Å². The second-order valence-corrected chi connectivity index (χ2v) is 5.65. The van der Waals surface area contributed by atoms with E-state index in [0.29, 0.717) is 24.3 Å². The first-order valence-corrected chi connectivity index (χ1v) is 8.01. The Hall–Kier alpha value is -2.67. The molecule has 0 aliphatic rings. The number of nitrogens with zero attached hydrogens (tertiary/aromatic N) is 3. The first-order chi connectivity index (χ1) is 11.3. The Morgan fingerprint density at radius 3 is 3.09 bits per heavy atom. The number of carbonyl (C=O) groups excluding carboxylic acids is 1. The number of benzene rings is 1. The molecule has 0 aliphatic heterocycles. The van der Waals surface area contributed by atoms with E-state index in [1.54, 1.807) is 36.2 Å². The Labute approximate surface area is 137 Å². The van der Waals surface area contributed by atoms with Crippen molar-refractivity contribution in [1.29, 1.82) is 0 Å². The number of ether oxygens (including phenoxy) is 1. The molecule has 0 fully saturated rings. The molecule has 1 aromatic carbocycles. The van der Waals surface area contributed by atoms with Gasteiger partial charge in [0, 0.05) is 36.3 Å². The van der Waals surface area contributed by atoms with E-state index in [0.717, 1.165) is 10.8 Å². The summed E-state index contributed by atoms with van der Waals surface area (Å²) in [6.07, 6.45) is 4.25. The molecule has 0 spiro atoms. The van der Waals surface area contributed by atoms with Crippen LogP contribution in [0.15, 0.2) is 48.1 Å². The van der Waals surface area contributed by atoms with Gasteiger partial charge in [-0.3, -0.25) is 4.79 Å². The lowest BCUT2D eigenvalue weighted by Crippen LogP contribution is -2.25. The summed E-state index contributed by atoms with van der Waals surface area (Å²) in [4.78, 5) is 16.6. The van der Waals surface area contributed by atoms with Crippen molar-refractivity contribution in [3.63, 3.8) is 0 Å². The highest BCUT2D eigenvalue weighted by Crippen LogP contribution is 2.14. The number of hydrogen-bond acceptors (Lipinski definition) is 5. The SMILES string of the molecule is COc1cccc(C(=O)NCCc2csc(-n3cccn3)n2)c1. The normalized spacial score (nSPS) is 10.5. The minimum absolute atomic E-state index is 0.119. The molecule has 0 aliphatic carbocycles. The largest absolute Gasteiger partial charge is 0.497 e. The van der Waals surface area contributed by atoms with Gasteiger partial charge in [-0.2, -0.15) is 5.10 Å². The quantitative estimate of drug-likeness (QED) is 0.754. The molecule has 0 bridgehead atoms. The number of amides is 1. The molecule has 0 saturated carbocycles. The van der Waals surface area contributed by atoms with Gasteiger partial charge >= 0.3 is 0 Å². The van der Waals surface area contributed by atoms with Crippen molar-refractivity contribution in [3.8, 4) is 10.9 Å². The van der Waals surface area contributed by atoms with Gasteiger partial charge in [0.05, 0.1) is 12.8 Å². The highest BCUT2D eigenvalue weighted by atomic mass is 32.1. The van der Waals surface area contributed by atoms with Crippen molar-refractivity contribution in [2.75, 3.05) is 13.7 Å². The summed E-state index contributed by atoms with van der Waals surface area (Å²) in [6, 6.07) is 8.94. The van der Waals surface area contributed by atoms with Crippen LogP contribution in [0, 0.1) is 0 Å². The zero-order valence-corrected chi connectivity index (χ0v) is 13.4. The first kappa shape index (κ1) is 15.2. The number of hydrogen-bond donors (Lipinski definition) is 1. The van der Waals surface area contributed by atoms with Crippen molar-refractivity contribution in [2.45, 2.75) is 6.42 Å². The number of rotatable bonds is 6. The molecular formula is C16H16N4O2S. The van der Waals surface area contributed by atoms with Gasteiger partial charge in [-0.25, -0.2) is 9.67 Å². The fraction of sp³-hybridized carbons (Fsp3) is 0.188. The van der Waals surface area contributed by atoms with Crippen LogP contribution >= 0.6 is 11.3 Å². The summed E-state index contributed by atoms with van der Waals surface area (Å²) in [6.45, 7) is 0.526. The average molecular weight is 328 g/mol. The van der Waals surface area contributed by atoms with Crippen LogP contribution < -0.4 is 10.1 Å². The lowest BCUT2D eigenvalue weighted by Gasteiger charge is -2.05. The smallest absolute Gasteiger partial charge is 0.251 e. The van der Waals surface area contributed by atoms with Gasteiger partial charge < -0.3 is 10.1 Å². The van der Waals surface area contributed by atoms with Crippen LogP contribution in [-0.4, -0.2) is 34.3 Å². The molecule has 3 rings (SSSR count). The Balaban J connectivity index is 1.54. The van der Waals surface area contributed by atoms with Crippen LogP contribution in [0.1, 0.15) is 16.1 Å². The van der Waals surface area contributed by atoms with Gasteiger partial charge in [-0.05, 0) is 24.3 Å². The summed E-state index contributed by atoms with van der Waals surface area (Å²) < 4.78 is 6.85. The highest BCUT2D eigenvalue weighted by molar-refractivity contribution is 7.12. The van der Waals surface area contributed by atoms with Crippen molar-refractivity contribution >= 4 is 17.2 Å². The molecule has 0 atom stereocenters. The molecule has 118 valence electrons. The van der Waals surface area contributed by atoms with Gasteiger partial charge in [-0.15, -0.1) is 11.3 Å². The van der Waals surface area contributed by atoms with Crippen LogP contribution in [0.25, 0.3) is 5.13 Å². The van der Waals surface area contributed by atoms with Crippen LogP contribution in [0.3, 0.4) is 0 Å². The lowest BCUT2D eigenvalue weighted by molar-refractivity contribution is 0.0953. The number of nitrogens with one attached hydrogen (secondary N) is 1. The van der Waals surface area contributed by atoms with Crippen molar-refractivity contribution < 1.29 is 9.53 Å². The zero-order chi connectivity index (χ0) is 16.1. The Morgan fingerprint density at radius 1 is 1.39 bits per heavy atom. The third-order valence-electron chi connectivity index (χ3n) is 3.24. The van der Waals surface area contributed by atoms with E-state index in [1.807, 2.05) is 23.7 Å². The van der Waals surface area contributed by atoms with E-state index >= 15 is 0 Å². The molecule has 0 radical (unpaired) electrons. The van der Waals surface area contributed by atoms with E-state index in [4.69, 9.17) is 4.74 Å². The number of carbonyl (C=O) groups is 1. The maximum Gasteiger partial charge on any atom is 0.251 e. The summed E-state index contributed by atoms with van der Waals surface area (Å²) >= 11 is 1.53. The number of methoxy groups -OCH3 is 1. The summed E-state index contributed by atoms with van der Waals surface area (Å²) in [5, 5.41) is 9.84. The molecule has 2 aromatic heterocycles. The number of aromatic nitrogens is 3. The van der Waals surface area contributed by atoms with E-state index in [-0.39, 0.29) is 5.91 Å². The molecule has 23 heavy (non-hydrogen) atoms. The average Bonchev–Trinajstić information content (AvgIpc) is 3.26. The van der Waals surface area contributed by atoms with Crippen molar-refractivity contribution in [2.24, 2.45) is 0 Å². The molecule has 2 heterocycles. The van der Waals surface area contributed by atoms with Gasteiger partial charge in [0.25, 0.3) is 5.91 Å². The molecule has 3 aromatic rings. The number of thiazole rings is 1. The van der Waals surface area contributed by atoms with E-state index < -0.39 is 0 Å². The van der Waals surface area contributed by atoms with Gasteiger partial charge in [-0.1, -0.05) is 6.07 Å². The van der Waals surface area contributed by atoms with Crippen LogP contribution in [0.4, 0.5) is 0 Å². The fourth-order valence-electron chi connectivity index (χ4n) is 2.07. The molecule has 7 heteroatoms. The highest BCUT2D eigenvalue weighted by Gasteiger charge is 2.08. The second-order valence-electron chi connectivity index (χ2n) is 4.81. The minimum atomic E-state index is -0.119. The third kappa shape index (κ3) is 3.75. The second kappa shape index (κ2) is 7.06. The molecule has 1 amide bonds. The maximum absolute atomic E-state index is 12.1. The summed E-state index contributed by atoms with van der Waals surface area (Å²) in [5.41, 5.74) is 1.52. The van der Waals surface area contributed by atoms with Gasteiger partial charge in [0.1, 0.15) is 5.75 Å². The first-order valence-electron chi connectivity index (χ1n) is 7.13. The van der Waals surface area contributed by atoms with E-state index in [9.17, 15) is 4.79 Å². The van der Waals surface area contributed by atoms with Crippen molar-refractivity contribution in [3.05, 3.63) is 59.4 Å². The fourth-order valence-corrected chi connectivity index (χ4v) is 2.87. The minimum Gasteiger partial charge on any atom is -0.497 e. The third-order valence-corrected chi connectivity index (χ3v) is 4.12. The Kier molecular flexibility index (Phi) is 4.68. The molecule has 0 saturated heterocycles. The van der Waals surface area contributed by atoms with Gasteiger partial charge in [0.2, 0.25) is 5.13 Å². The topological polar surface area (TPSA) is 69.0 Å². The molecule has 0 unspecified atom stereocenters. The van der Waals surface area contributed by atoms with E-state index in [2.05, 4.69) is 15.4 Å². The van der Waals surface area contributed by atoms with Crippen LogP contribution in [0.5, 0.6) is 5.75 Å². The van der Waals surface area contributed by atoms with Crippen molar-refractivity contribution in [1.82, 2.24) is 20.1 Å². The predicted molar refractivity (Wildman–Crippen MR) is 88.3 cm³/mol. The molecule has 1 N–H and O–H groups in total. The molecule has 6 nitrogen and oxygen atoms in total. The predicted octanol–water partition coefficient (Wildman–Crippen LogP) is 2.31. The zero-order valence-electron chi connectivity index (χ0n) is 12.6. The standard InChI is InChI=1S/C16H16N4O2S/c1-22-14-5-2-4-12(10-14)15(21)17-8-6-13-11-23-16(19-13)20-9-3-7-18-20/h2-5,7,9-11H,6,8H2,1H3,(H,17,21). The monoisotopic (exact) mass is 328 g/mol. The molecular weight excluding hydrogens is 312 g/mol. The summed E-state index contributed by atoms with van der Waals surface area (Å²) in [7, 11) is 1.58. The Morgan fingerprint density at radius 2 is 2.30 bits per heavy atom. The maximum atomic E-state index is 12.1. The lowest BCUT2D eigenvalue weighted by atomic mass is 10.2. The van der Waals surface area contributed by atoms with Crippen LogP contribution in [0.2, 0.25) is 0 Å². The Bertz CT molecular complexity index is 783. The van der Waals surface area contributed by atoms with Crippen LogP contribution in [-0.2, 0) is 6.42 Å².